The topological polar surface area (TPSA) is 56.0 Å². The van der Waals surface area contributed by atoms with Crippen molar-refractivity contribution in [2.75, 3.05) is 0 Å². The van der Waals surface area contributed by atoms with E-state index in [4.69, 9.17) is 0 Å². The Kier molecular flexibility index (Phi) is 6.94. The molecule has 4 nitrogen and oxygen atoms in total. The average molecular weight is 242 g/mol. The molecule has 0 unspecified atom stereocenters. The quantitative estimate of drug-likeness (QED) is 0.246. The molecular weight excluding hydrogens is 240 g/mol. The molecule has 0 saturated carbocycles. The van der Waals surface area contributed by atoms with Gasteiger partial charge in [-0.3, -0.25) is 0 Å². The number of nitro groups is 1. The summed E-state index contributed by atoms with van der Waals surface area (Å²) < 4.78 is 12.0. The SMILES string of the molecule is O=[N+]([O-])c1ccc(F)[c-]n1.[Cl-].[Zn+2]. The minimum atomic E-state index is -0.712. The summed E-state index contributed by atoms with van der Waals surface area (Å²) >= 11 is 0. The smallest absolute Gasteiger partial charge is 1.00 e. The summed E-state index contributed by atoms with van der Waals surface area (Å²) in [5, 5.41) is 9.91. The molecule has 0 bridgehead atoms. The Balaban J connectivity index is 0. The molecule has 0 aliphatic rings. The molecule has 0 N–H and O–H groups in total. The van der Waals surface area contributed by atoms with Crippen LogP contribution in [0, 0.1) is 22.1 Å². The maximum Gasteiger partial charge on any atom is 2.00 e. The maximum absolute atomic E-state index is 12.0. The Hall–Kier alpha value is -0.607. The Morgan fingerprint density at radius 2 is 2.17 bits per heavy atom. The van der Waals surface area contributed by atoms with Crippen molar-refractivity contribution < 1.29 is 41.2 Å². The molecular formula is C5H2ClFN2O2Zn. The summed E-state index contributed by atoms with van der Waals surface area (Å²) in [6, 6.07) is 1.91. The predicted octanol–water partition coefficient (Wildman–Crippen LogP) is -2.07. The van der Waals surface area contributed by atoms with Gasteiger partial charge in [-0.1, -0.05) is 11.0 Å². The molecule has 0 aromatic carbocycles. The summed E-state index contributed by atoms with van der Waals surface area (Å²) in [5.41, 5.74) is 0. The molecule has 0 aliphatic carbocycles. The number of nitrogens with zero attached hydrogens (tertiary/aromatic N) is 2. The summed E-state index contributed by atoms with van der Waals surface area (Å²) in [4.78, 5) is 12.3. The van der Waals surface area contributed by atoms with Crippen molar-refractivity contribution in [3.8, 4) is 0 Å². The number of hydrogen-bond donors (Lipinski definition) is 0. The molecule has 1 aromatic heterocycles. The number of hydrogen-bond acceptors (Lipinski definition) is 3. The Morgan fingerprint density at radius 3 is 2.50 bits per heavy atom. The van der Waals surface area contributed by atoms with Gasteiger partial charge >= 0.3 is 19.5 Å². The van der Waals surface area contributed by atoms with Gasteiger partial charge in [-0.15, -0.1) is 6.07 Å². The molecule has 1 aromatic rings. The van der Waals surface area contributed by atoms with Crippen molar-refractivity contribution >= 4 is 5.82 Å². The van der Waals surface area contributed by atoms with Gasteiger partial charge in [0.25, 0.3) is 5.82 Å². The van der Waals surface area contributed by atoms with Crippen molar-refractivity contribution in [2.45, 2.75) is 0 Å². The normalized spacial score (nSPS) is 7.75. The van der Waals surface area contributed by atoms with E-state index in [0.29, 0.717) is 0 Å². The first-order valence-electron chi connectivity index (χ1n) is 2.39. The molecule has 60 valence electrons. The van der Waals surface area contributed by atoms with Crippen LogP contribution in [0.1, 0.15) is 0 Å². The fourth-order valence-corrected chi connectivity index (χ4v) is 0.435. The van der Waals surface area contributed by atoms with Crippen molar-refractivity contribution in [1.82, 2.24) is 4.98 Å². The first kappa shape index (κ1) is 13.9. The number of aromatic nitrogens is 1. The van der Waals surface area contributed by atoms with Crippen LogP contribution in [0.2, 0.25) is 0 Å². The van der Waals surface area contributed by atoms with E-state index >= 15 is 0 Å². The van der Waals surface area contributed by atoms with Crippen molar-refractivity contribution in [3.05, 3.63) is 34.3 Å². The predicted molar refractivity (Wildman–Crippen MR) is 29.7 cm³/mol. The second-order valence-electron chi connectivity index (χ2n) is 1.52. The summed E-state index contributed by atoms with van der Waals surface area (Å²) in [6.07, 6.45) is 1.82. The van der Waals surface area contributed by atoms with E-state index in [0.717, 1.165) is 12.1 Å². The summed E-state index contributed by atoms with van der Waals surface area (Å²) in [7, 11) is 0. The van der Waals surface area contributed by atoms with Crippen LogP contribution in [0.3, 0.4) is 0 Å². The van der Waals surface area contributed by atoms with E-state index in [1.807, 2.05) is 6.20 Å². The molecule has 0 aliphatic heterocycles. The van der Waals surface area contributed by atoms with E-state index in [-0.39, 0.29) is 31.9 Å². The number of halogens is 2. The van der Waals surface area contributed by atoms with Crippen molar-refractivity contribution in [3.63, 3.8) is 0 Å². The molecule has 0 amide bonds. The van der Waals surface area contributed by atoms with Gasteiger partial charge in [-0.05, 0) is 0 Å². The zero-order chi connectivity index (χ0) is 7.56. The molecule has 0 radical (unpaired) electrons. The first-order valence-corrected chi connectivity index (χ1v) is 2.39. The molecule has 1 rings (SSSR count). The molecule has 0 atom stereocenters. The maximum atomic E-state index is 12.0. The van der Waals surface area contributed by atoms with Gasteiger partial charge in [-0.2, -0.15) is 4.98 Å². The van der Waals surface area contributed by atoms with Gasteiger partial charge in [0, 0.05) is 0 Å². The second kappa shape index (κ2) is 5.97. The number of rotatable bonds is 1. The van der Waals surface area contributed by atoms with E-state index in [1.165, 1.54) is 0 Å². The summed E-state index contributed by atoms with van der Waals surface area (Å²) in [5.74, 6) is -1.10. The van der Waals surface area contributed by atoms with E-state index in [2.05, 4.69) is 4.98 Å². The minimum absolute atomic E-state index is 0. The largest absolute Gasteiger partial charge is 2.00 e. The third-order valence-electron chi connectivity index (χ3n) is 0.843. The Morgan fingerprint density at radius 1 is 1.58 bits per heavy atom. The zero-order valence-corrected chi connectivity index (χ0v) is 9.55. The van der Waals surface area contributed by atoms with Crippen LogP contribution in [0.15, 0.2) is 12.1 Å². The van der Waals surface area contributed by atoms with Gasteiger partial charge in [0.05, 0.1) is 12.0 Å². The Labute approximate surface area is 86.5 Å². The molecule has 0 fully saturated rings. The van der Waals surface area contributed by atoms with Gasteiger partial charge < -0.3 is 22.5 Å². The first-order chi connectivity index (χ1) is 4.70. The fourth-order valence-electron chi connectivity index (χ4n) is 0.435. The molecule has 1 heterocycles. The minimum Gasteiger partial charge on any atom is -1.00 e. The second-order valence-corrected chi connectivity index (χ2v) is 1.52. The van der Waals surface area contributed by atoms with Crippen LogP contribution in [0.4, 0.5) is 10.2 Å². The zero-order valence-electron chi connectivity index (χ0n) is 5.83. The van der Waals surface area contributed by atoms with E-state index in [1.54, 1.807) is 0 Å². The van der Waals surface area contributed by atoms with Crippen LogP contribution < -0.4 is 12.4 Å². The average Bonchev–Trinajstić information content (AvgIpc) is 1.88. The molecule has 7 heteroatoms. The third-order valence-corrected chi connectivity index (χ3v) is 0.843. The molecule has 12 heavy (non-hydrogen) atoms. The van der Waals surface area contributed by atoms with Crippen LogP contribution in [0.25, 0.3) is 0 Å². The van der Waals surface area contributed by atoms with E-state index in [9.17, 15) is 14.5 Å². The van der Waals surface area contributed by atoms with Gasteiger partial charge in [-0.25, -0.2) is 4.39 Å². The third kappa shape index (κ3) is 3.69. The molecule has 0 spiro atoms. The Bertz CT molecular complexity index is 256. The van der Waals surface area contributed by atoms with Gasteiger partial charge in [0.2, 0.25) is 0 Å². The fraction of sp³-hybridized carbons (Fsp3) is 0. The monoisotopic (exact) mass is 240 g/mol. The standard InChI is InChI=1S/C5H2FN2O2.ClH.Zn/c6-4-1-2-5(7-3-4)8(9)10;;/h1-2H;1H;/q-1;;+2/p-1. The number of pyridine rings is 1. The van der Waals surface area contributed by atoms with Crippen LogP contribution in [-0.2, 0) is 19.5 Å². The van der Waals surface area contributed by atoms with Gasteiger partial charge in [0.1, 0.15) is 0 Å². The van der Waals surface area contributed by atoms with E-state index < -0.39 is 16.6 Å². The van der Waals surface area contributed by atoms with Crippen LogP contribution >= 0.6 is 0 Å². The van der Waals surface area contributed by atoms with Crippen LogP contribution in [-0.4, -0.2) is 9.91 Å². The van der Waals surface area contributed by atoms with Crippen LogP contribution in [0.5, 0.6) is 0 Å². The summed E-state index contributed by atoms with van der Waals surface area (Å²) in [6.45, 7) is 0. The van der Waals surface area contributed by atoms with Gasteiger partial charge in [0.15, 0.2) is 0 Å². The molecule has 0 saturated heterocycles. The van der Waals surface area contributed by atoms with Crippen molar-refractivity contribution in [2.24, 2.45) is 0 Å². The van der Waals surface area contributed by atoms with Crippen molar-refractivity contribution in [1.29, 1.82) is 0 Å².